The van der Waals surface area contributed by atoms with E-state index in [0.29, 0.717) is 62.7 Å². The summed E-state index contributed by atoms with van der Waals surface area (Å²) in [5.74, 6) is 0.0702. The average Bonchev–Trinajstić information content (AvgIpc) is 3.02. The molecule has 2 amide bonds. The fraction of sp³-hybridized carbons (Fsp3) is 0.433. The molecule has 0 atom stereocenters. The van der Waals surface area contributed by atoms with Crippen LogP contribution in [0.1, 0.15) is 37.3 Å². The molecule has 0 radical (unpaired) electrons. The van der Waals surface area contributed by atoms with Gasteiger partial charge in [0.15, 0.2) is 11.5 Å². The van der Waals surface area contributed by atoms with Crippen molar-refractivity contribution in [1.82, 2.24) is 26.3 Å². The lowest BCUT2D eigenvalue weighted by atomic mass is 10.2. The van der Waals surface area contributed by atoms with Crippen LogP contribution in [0.5, 0.6) is 11.5 Å². The first-order valence-electron chi connectivity index (χ1n) is 14.5. The van der Waals surface area contributed by atoms with Gasteiger partial charge < -0.3 is 30.7 Å². The Morgan fingerprint density at radius 2 is 1.78 bits per heavy atom. The third-order valence-corrected chi connectivity index (χ3v) is 6.97. The number of nitrogens with one attached hydrogen (secondary N) is 5. The molecule has 0 bridgehead atoms. The molecule has 45 heavy (non-hydrogen) atoms. The van der Waals surface area contributed by atoms with Crippen LogP contribution in [0.15, 0.2) is 52.9 Å². The molecular formula is C30H39ClF3N7O4. The molecule has 0 fully saturated rings. The lowest BCUT2D eigenvalue weighted by Crippen LogP contribution is -2.41. The molecule has 0 unspecified atom stereocenters. The van der Waals surface area contributed by atoms with E-state index >= 15 is 0 Å². The Kier molecular flexibility index (Phi) is 13.8. The summed E-state index contributed by atoms with van der Waals surface area (Å²) in [7, 11) is 1.86. The van der Waals surface area contributed by atoms with Crippen LogP contribution in [-0.4, -0.2) is 70.1 Å². The Bertz CT molecular complexity index is 1360. The number of unbranched alkanes of at least 4 members (excludes halogenated alkanes) is 1. The van der Waals surface area contributed by atoms with Crippen molar-refractivity contribution in [2.75, 3.05) is 51.9 Å². The zero-order valence-electron chi connectivity index (χ0n) is 25.3. The van der Waals surface area contributed by atoms with Crippen molar-refractivity contribution < 1.29 is 32.2 Å². The number of carbonyl (C=O) groups is 2. The molecular weight excluding hydrogens is 615 g/mol. The number of fused-ring (bicyclic) bond motifs is 1. The molecule has 1 aliphatic heterocycles. The van der Waals surface area contributed by atoms with E-state index in [1.54, 1.807) is 0 Å². The van der Waals surface area contributed by atoms with E-state index in [1.165, 1.54) is 0 Å². The molecule has 15 heteroatoms. The number of allylic oxidation sites excluding steroid dienone is 1. The number of rotatable bonds is 17. The number of nitrogens with zero attached hydrogens (tertiary/aromatic N) is 2. The maximum Gasteiger partial charge on any atom is 0.416 e. The summed E-state index contributed by atoms with van der Waals surface area (Å²) in [6.45, 7) is 7.92. The number of hydrogen-bond donors (Lipinski definition) is 5. The first-order valence-corrected chi connectivity index (χ1v) is 14.8. The topological polar surface area (TPSA) is 128 Å². The predicted molar refractivity (Wildman–Crippen MR) is 167 cm³/mol. The quantitative estimate of drug-likeness (QED) is 0.0569. The molecule has 1 aliphatic rings. The second-order valence-electron chi connectivity index (χ2n) is 9.95. The lowest BCUT2D eigenvalue weighted by Gasteiger charge is -2.23. The monoisotopic (exact) mass is 653 g/mol. The number of halogens is 4. The van der Waals surface area contributed by atoms with Crippen LogP contribution in [0.25, 0.3) is 0 Å². The smallest absolute Gasteiger partial charge is 0.416 e. The van der Waals surface area contributed by atoms with E-state index in [1.807, 2.05) is 32.2 Å². The third-order valence-electron chi connectivity index (χ3n) is 6.66. The van der Waals surface area contributed by atoms with Crippen molar-refractivity contribution in [2.45, 2.75) is 38.9 Å². The maximum atomic E-state index is 13.6. The fourth-order valence-corrected chi connectivity index (χ4v) is 4.58. The standard InChI is InChI=1S/C30H39ClF3N7O4/c1-4-23(39-19-37-17-20-7-10-25-26(15-20)45-14-13-44-25)28(38-12-6-5-11-35-2)29(43)41(36-3)18-27(42)40-24-9-8-21(16-22(24)31)30(32,33)34/h7-10,15-16,35,37-39H,3-6,11-14,17-19H2,1-2H3,(H,40,42)/b28-23+. The Labute approximate surface area is 265 Å². The SMILES string of the molecule is C=NN(CC(=O)Nc1ccc(C(F)(F)F)cc1Cl)C(=O)/C(NCCCCNC)=C(/CC)NCNCc1ccc2c(c1)OCCO2. The highest BCUT2D eigenvalue weighted by Gasteiger charge is 2.31. The van der Waals surface area contributed by atoms with Crippen LogP contribution in [0, 0.1) is 0 Å². The summed E-state index contributed by atoms with van der Waals surface area (Å²) in [5, 5.41) is 19.6. The summed E-state index contributed by atoms with van der Waals surface area (Å²) in [6.07, 6.45) is -2.49. The minimum Gasteiger partial charge on any atom is -0.486 e. The summed E-state index contributed by atoms with van der Waals surface area (Å²) in [5.41, 5.74) is 0.804. The molecule has 0 saturated carbocycles. The van der Waals surface area contributed by atoms with Gasteiger partial charge >= 0.3 is 6.18 Å². The number of hydrazone groups is 1. The van der Waals surface area contributed by atoms with Gasteiger partial charge in [-0.1, -0.05) is 24.6 Å². The van der Waals surface area contributed by atoms with E-state index in [-0.39, 0.29) is 16.4 Å². The fourth-order valence-electron chi connectivity index (χ4n) is 4.35. The van der Waals surface area contributed by atoms with Crippen molar-refractivity contribution in [3.8, 4) is 11.5 Å². The molecule has 2 aromatic rings. The van der Waals surface area contributed by atoms with Crippen molar-refractivity contribution in [1.29, 1.82) is 0 Å². The van der Waals surface area contributed by atoms with Crippen LogP contribution in [0.3, 0.4) is 0 Å². The van der Waals surface area contributed by atoms with Gasteiger partial charge in [-0.15, -0.1) is 0 Å². The number of benzene rings is 2. The summed E-state index contributed by atoms with van der Waals surface area (Å²) in [6, 6.07) is 8.28. The first-order chi connectivity index (χ1) is 21.6. The Morgan fingerprint density at radius 3 is 2.44 bits per heavy atom. The molecule has 1 heterocycles. The molecule has 246 valence electrons. The second-order valence-corrected chi connectivity index (χ2v) is 10.4. The van der Waals surface area contributed by atoms with Gasteiger partial charge in [0.1, 0.15) is 25.5 Å². The summed E-state index contributed by atoms with van der Waals surface area (Å²) < 4.78 is 50.1. The zero-order chi connectivity index (χ0) is 32.8. The highest BCUT2D eigenvalue weighted by Crippen LogP contribution is 2.34. The summed E-state index contributed by atoms with van der Waals surface area (Å²) in [4.78, 5) is 26.4. The van der Waals surface area contributed by atoms with Gasteiger partial charge in [0, 0.05) is 25.5 Å². The van der Waals surface area contributed by atoms with E-state index in [2.05, 4.69) is 38.4 Å². The van der Waals surface area contributed by atoms with E-state index in [0.717, 1.165) is 42.1 Å². The van der Waals surface area contributed by atoms with Gasteiger partial charge in [-0.2, -0.15) is 18.3 Å². The Morgan fingerprint density at radius 1 is 1.04 bits per heavy atom. The Hall–Kier alpha value is -4.01. The molecule has 0 saturated heterocycles. The summed E-state index contributed by atoms with van der Waals surface area (Å²) >= 11 is 5.97. The Balaban J connectivity index is 1.68. The predicted octanol–water partition coefficient (Wildman–Crippen LogP) is 4.06. The second kappa shape index (κ2) is 17.5. The number of carbonyl (C=O) groups excluding carboxylic acids is 2. The molecule has 5 N–H and O–H groups in total. The van der Waals surface area contributed by atoms with Crippen molar-refractivity contribution in [2.24, 2.45) is 5.10 Å². The molecule has 0 spiro atoms. The number of amides is 2. The highest BCUT2D eigenvalue weighted by molar-refractivity contribution is 6.33. The molecule has 11 nitrogen and oxygen atoms in total. The zero-order valence-corrected chi connectivity index (χ0v) is 26.0. The molecule has 0 aliphatic carbocycles. The largest absolute Gasteiger partial charge is 0.486 e. The van der Waals surface area contributed by atoms with Crippen LogP contribution in [0.2, 0.25) is 5.02 Å². The number of ether oxygens (including phenoxy) is 2. The minimum absolute atomic E-state index is 0.0374. The van der Waals surface area contributed by atoms with E-state index < -0.39 is 30.1 Å². The average molecular weight is 654 g/mol. The third kappa shape index (κ3) is 10.8. The van der Waals surface area contributed by atoms with E-state index in [4.69, 9.17) is 21.1 Å². The minimum atomic E-state index is -4.59. The number of anilines is 1. The van der Waals surface area contributed by atoms with Gasteiger partial charge in [-0.05, 0) is 68.8 Å². The van der Waals surface area contributed by atoms with Gasteiger partial charge in [-0.25, -0.2) is 5.01 Å². The van der Waals surface area contributed by atoms with Crippen LogP contribution in [0.4, 0.5) is 18.9 Å². The first kappa shape index (κ1) is 35.5. The number of hydrogen-bond acceptors (Lipinski definition) is 9. The number of alkyl halides is 3. The molecule has 0 aromatic heterocycles. The van der Waals surface area contributed by atoms with Crippen molar-refractivity contribution in [3.05, 3.63) is 63.9 Å². The van der Waals surface area contributed by atoms with Crippen LogP contribution >= 0.6 is 11.6 Å². The maximum absolute atomic E-state index is 13.6. The highest BCUT2D eigenvalue weighted by atomic mass is 35.5. The lowest BCUT2D eigenvalue weighted by molar-refractivity contribution is -0.137. The molecule has 2 aromatic carbocycles. The normalized spacial score (nSPS) is 13.0. The van der Waals surface area contributed by atoms with Gasteiger partial charge in [0.05, 0.1) is 22.9 Å². The van der Waals surface area contributed by atoms with Crippen LogP contribution < -0.4 is 36.1 Å². The van der Waals surface area contributed by atoms with Crippen molar-refractivity contribution in [3.63, 3.8) is 0 Å². The van der Waals surface area contributed by atoms with E-state index in [9.17, 15) is 22.8 Å². The molecule has 3 rings (SSSR count). The van der Waals surface area contributed by atoms with Gasteiger partial charge in [0.25, 0.3) is 5.91 Å². The van der Waals surface area contributed by atoms with Crippen molar-refractivity contribution >= 4 is 35.8 Å². The van der Waals surface area contributed by atoms with Gasteiger partial charge in [0.2, 0.25) is 5.91 Å². The van der Waals surface area contributed by atoms with Crippen LogP contribution in [-0.2, 0) is 22.3 Å². The van der Waals surface area contributed by atoms with Gasteiger partial charge in [-0.3, -0.25) is 14.9 Å².